The minimum atomic E-state index is 0.458. The van der Waals surface area contributed by atoms with Crippen LogP contribution in [0.5, 0.6) is 0 Å². The minimum Gasteiger partial charge on any atom is -0.369 e. The van der Waals surface area contributed by atoms with Gasteiger partial charge in [-0.3, -0.25) is 0 Å². The molecule has 0 fully saturated rings. The summed E-state index contributed by atoms with van der Waals surface area (Å²) in [4.78, 5) is 4.65. The summed E-state index contributed by atoms with van der Waals surface area (Å²) in [7, 11) is 0. The number of hydrogen-bond donors (Lipinski definition) is 1. The molecule has 0 atom stereocenters. The average molecular weight is 336 g/mol. The van der Waals surface area contributed by atoms with Crippen molar-refractivity contribution in [2.24, 2.45) is 5.92 Å². The van der Waals surface area contributed by atoms with Crippen LogP contribution in [0.4, 0.5) is 5.82 Å². The highest BCUT2D eigenvalue weighted by molar-refractivity contribution is 6.31. The molecule has 1 heterocycles. The molecule has 0 amide bonds. The Hall–Kier alpha value is -2.57. The summed E-state index contributed by atoms with van der Waals surface area (Å²) in [5, 5.41) is 14.6. The van der Waals surface area contributed by atoms with Crippen molar-refractivity contribution in [1.82, 2.24) is 4.98 Å². The predicted molar refractivity (Wildman–Crippen MR) is 100 cm³/mol. The van der Waals surface area contributed by atoms with Crippen molar-refractivity contribution in [3.05, 3.63) is 59.1 Å². The van der Waals surface area contributed by atoms with Crippen molar-refractivity contribution >= 4 is 28.3 Å². The number of nitriles is 1. The van der Waals surface area contributed by atoms with Gasteiger partial charge in [0.1, 0.15) is 17.5 Å². The SMILES string of the molecule is CC(C)CNc1nc2ccc(Cl)cc2c(-c2ccccc2)c1C#N. The molecule has 0 saturated carbocycles. The third-order valence-corrected chi connectivity index (χ3v) is 4.03. The molecule has 0 spiro atoms. The van der Waals surface area contributed by atoms with E-state index in [1.54, 1.807) is 0 Å². The summed E-state index contributed by atoms with van der Waals surface area (Å²) >= 11 is 6.19. The van der Waals surface area contributed by atoms with E-state index in [1.807, 2.05) is 48.5 Å². The van der Waals surface area contributed by atoms with E-state index in [-0.39, 0.29) is 0 Å². The number of halogens is 1. The smallest absolute Gasteiger partial charge is 0.145 e. The molecule has 24 heavy (non-hydrogen) atoms. The van der Waals surface area contributed by atoms with Crippen LogP contribution in [0.1, 0.15) is 19.4 Å². The molecule has 1 N–H and O–H groups in total. The standard InChI is InChI=1S/C20H18ClN3/c1-13(2)12-23-20-17(11-22)19(14-6-4-3-5-7-14)16-10-15(21)8-9-18(16)24-20/h3-10,13H,12H2,1-2H3,(H,23,24). The van der Waals surface area contributed by atoms with Gasteiger partial charge in [0.25, 0.3) is 0 Å². The number of benzene rings is 2. The van der Waals surface area contributed by atoms with Crippen LogP contribution in [0.15, 0.2) is 48.5 Å². The van der Waals surface area contributed by atoms with Crippen LogP contribution in [-0.2, 0) is 0 Å². The fraction of sp³-hybridized carbons (Fsp3) is 0.200. The Kier molecular flexibility index (Phi) is 4.69. The molecule has 0 aliphatic rings. The van der Waals surface area contributed by atoms with Gasteiger partial charge in [0.05, 0.1) is 5.52 Å². The molecule has 1 aromatic heterocycles. The number of aromatic nitrogens is 1. The lowest BCUT2D eigenvalue weighted by Gasteiger charge is -2.15. The van der Waals surface area contributed by atoms with Gasteiger partial charge in [-0.15, -0.1) is 0 Å². The quantitative estimate of drug-likeness (QED) is 0.685. The Bertz CT molecular complexity index is 912. The maximum atomic E-state index is 9.79. The van der Waals surface area contributed by atoms with E-state index in [2.05, 4.69) is 30.2 Å². The summed E-state index contributed by atoms with van der Waals surface area (Å²) in [6.07, 6.45) is 0. The highest BCUT2D eigenvalue weighted by Crippen LogP contribution is 2.35. The molecule has 120 valence electrons. The molecule has 0 radical (unpaired) electrons. The van der Waals surface area contributed by atoms with E-state index >= 15 is 0 Å². The van der Waals surface area contributed by atoms with Gasteiger partial charge in [-0.2, -0.15) is 5.26 Å². The second-order valence-corrected chi connectivity index (χ2v) is 6.56. The molecule has 0 saturated heterocycles. The topological polar surface area (TPSA) is 48.7 Å². The molecule has 0 unspecified atom stereocenters. The zero-order valence-corrected chi connectivity index (χ0v) is 14.4. The first-order valence-corrected chi connectivity index (χ1v) is 8.30. The molecular weight excluding hydrogens is 318 g/mol. The Morgan fingerprint density at radius 2 is 1.92 bits per heavy atom. The van der Waals surface area contributed by atoms with Crippen molar-refractivity contribution in [2.45, 2.75) is 13.8 Å². The molecule has 0 aliphatic carbocycles. The van der Waals surface area contributed by atoms with E-state index < -0.39 is 0 Å². The molecule has 2 aromatic carbocycles. The van der Waals surface area contributed by atoms with Crippen LogP contribution >= 0.6 is 11.6 Å². The first-order chi connectivity index (χ1) is 11.6. The van der Waals surface area contributed by atoms with Crippen molar-refractivity contribution < 1.29 is 0 Å². The molecular formula is C20H18ClN3. The van der Waals surface area contributed by atoms with Crippen LogP contribution in [0, 0.1) is 17.2 Å². The largest absolute Gasteiger partial charge is 0.369 e. The van der Waals surface area contributed by atoms with Gasteiger partial charge in [0, 0.05) is 22.5 Å². The molecule has 4 heteroatoms. The van der Waals surface area contributed by atoms with Crippen LogP contribution in [0.3, 0.4) is 0 Å². The summed E-state index contributed by atoms with van der Waals surface area (Å²) in [6.45, 7) is 5.00. The van der Waals surface area contributed by atoms with E-state index in [0.717, 1.165) is 28.6 Å². The summed E-state index contributed by atoms with van der Waals surface area (Å²) in [5.41, 5.74) is 3.23. The molecule has 3 rings (SSSR count). The monoisotopic (exact) mass is 335 g/mol. The lowest BCUT2D eigenvalue weighted by Crippen LogP contribution is -2.11. The lowest BCUT2D eigenvalue weighted by molar-refractivity contribution is 0.687. The maximum Gasteiger partial charge on any atom is 0.145 e. The van der Waals surface area contributed by atoms with Crippen LogP contribution in [-0.4, -0.2) is 11.5 Å². The van der Waals surface area contributed by atoms with Gasteiger partial charge in [0.2, 0.25) is 0 Å². The zero-order valence-electron chi connectivity index (χ0n) is 13.7. The summed E-state index contributed by atoms with van der Waals surface area (Å²) in [6, 6.07) is 17.8. The minimum absolute atomic E-state index is 0.458. The molecule has 0 aliphatic heterocycles. The number of pyridine rings is 1. The maximum absolute atomic E-state index is 9.79. The normalized spacial score (nSPS) is 10.8. The number of fused-ring (bicyclic) bond motifs is 1. The van der Waals surface area contributed by atoms with E-state index in [0.29, 0.717) is 22.3 Å². The van der Waals surface area contributed by atoms with Gasteiger partial charge in [0.15, 0.2) is 0 Å². The average Bonchev–Trinajstić information content (AvgIpc) is 2.59. The van der Waals surface area contributed by atoms with Gasteiger partial charge < -0.3 is 5.32 Å². The Labute approximate surface area is 146 Å². The number of rotatable bonds is 4. The van der Waals surface area contributed by atoms with Crippen LogP contribution in [0.25, 0.3) is 22.0 Å². The number of nitrogens with one attached hydrogen (secondary N) is 1. The van der Waals surface area contributed by atoms with E-state index in [4.69, 9.17) is 11.6 Å². The van der Waals surface area contributed by atoms with Crippen molar-refractivity contribution in [3.63, 3.8) is 0 Å². The van der Waals surface area contributed by atoms with Gasteiger partial charge in [-0.25, -0.2) is 4.98 Å². The number of nitrogens with zero attached hydrogens (tertiary/aromatic N) is 2. The van der Waals surface area contributed by atoms with Crippen LogP contribution < -0.4 is 5.32 Å². The van der Waals surface area contributed by atoms with Gasteiger partial charge in [-0.05, 0) is 29.7 Å². The molecule has 0 bridgehead atoms. The third kappa shape index (κ3) is 3.20. The van der Waals surface area contributed by atoms with Crippen molar-refractivity contribution in [1.29, 1.82) is 5.26 Å². The van der Waals surface area contributed by atoms with E-state index in [1.165, 1.54) is 0 Å². The number of hydrogen-bond acceptors (Lipinski definition) is 3. The fourth-order valence-electron chi connectivity index (χ4n) is 2.68. The highest BCUT2D eigenvalue weighted by Gasteiger charge is 2.17. The van der Waals surface area contributed by atoms with Crippen LogP contribution in [0.2, 0.25) is 5.02 Å². The second-order valence-electron chi connectivity index (χ2n) is 6.12. The van der Waals surface area contributed by atoms with E-state index in [9.17, 15) is 5.26 Å². The van der Waals surface area contributed by atoms with Gasteiger partial charge >= 0.3 is 0 Å². The predicted octanol–water partition coefficient (Wildman–Crippen LogP) is 5.49. The second kappa shape index (κ2) is 6.90. The summed E-state index contributed by atoms with van der Waals surface area (Å²) in [5.74, 6) is 1.08. The lowest BCUT2D eigenvalue weighted by atomic mass is 9.96. The zero-order chi connectivity index (χ0) is 17.1. The first-order valence-electron chi connectivity index (χ1n) is 7.93. The Morgan fingerprint density at radius 1 is 1.17 bits per heavy atom. The summed E-state index contributed by atoms with van der Waals surface area (Å²) < 4.78 is 0. The Balaban J connectivity index is 2.32. The van der Waals surface area contributed by atoms with Gasteiger partial charge in [-0.1, -0.05) is 55.8 Å². The van der Waals surface area contributed by atoms with Crippen molar-refractivity contribution in [2.75, 3.05) is 11.9 Å². The molecule has 3 nitrogen and oxygen atoms in total. The number of anilines is 1. The highest BCUT2D eigenvalue weighted by atomic mass is 35.5. The van der Waals surface area contributed by atoms with Crippen molar-refractivity contribution in [3.8, 4) is 17.2 Å². The molecule has 3 aromatic rings. The Morgan fingerprint density at radius 3 is 2.58 bits per heavy atom. The third-order valence-electron chi connectivity index (χ3n) is 3.80. The fourth-order valence-corrected chi connectivity index (χ4v) is 2.85. The first kappa shape index (κ1) is 16.3.